The van der Waals surface area contributed by atoms with Gasteiger partial charge in [0.15, 0.2) is 5.82 Å². The Hall–Kier alpha value is -1.68. The lowest BCUT2D eigenvalue weighted by Crippen LogP contribution is -1.90. The van der Waals surface area contributed by atoms with Gasteiger partial charge in [-0.25, -0.2) is 4.98 Å². The molecule has 14 heavy (non-hydrogen) atoms. The lowest BCUT2D eigenvalue weighted by molar-refractivity contribution is 0.107. The Morgan fingerprint density at radius 3 is 2.57 bits per heavy atom. The number of nitrogens with one attached hydrogen (secondary N) is 1. The third-order valence-electron chi connectivity index (χ3n) is 1.70. The average molecular weight is 208 g/mol. The molecule has 0 unspecified atom stereocenters. The van der Waals surface area contributed by atoms with Gasteiger partial charge < -0.3 is 0 Å². The second-order valence-electron chi connectivity index (χ2n) is 2.65. The number of carbonyl (C=O) groups is 1. The summed E-state index contributed by atoms with van der Waals surface area (Å²) in [5.41, 5.74) is 0.841. The predicted octanol–water partition coefficient (Wildman–Crippen LogP) is 1.85. The van der Waals surface area contributed by atoms with Crippen LogP contribution >= 0.6 is 11.6 Å². The third kappa shape index (κ3) is 1.65. The number of aromatic amines is 1. The van der Waals surface area contributed by atoms with Crippen molar-refractivity contribution in [3.63, 3.8) is 0 Å². The summed E-state index contributed by atoms with van der Waals surface area (Å²) in [6.07, 6.45) is 0. The molecule has 1 aromatic heterocycles. The lowest BCUT2D eigenvalue weighted by Gasteiger charge is -1.90. The van der Waals surface area contributed by atoms with Crippen LogP contribution in [0.25, 0.3) is 11.4 Å². The second-order valence-corrected chi connectivity index (χ2v) is 2.99. The van der Waals surface area contributed by atoms with Crippen LogP contribution in [-0.2, 0) is 0 Å². The summed E-state index contributed by atoms with van der Waals surface area (Å²) in [5, 5.41) is 5.69. The van der Waals surface area contributed by atoms with Gasteiger partial charge in [-0.15, -0.1) is 0 Å². The van der Waals surface area contributed by atoms with E-state index in [1.54, 1.807) is 0 Å². The molecule has 0 aliphatic heterocycles. The zero-order valence-electron chi connectivity index (χ0n) is 7.07. The quantitative estimate of drug-likeness (QED) is 0.765. The first-order valence-corrected chi connectivity index (χ1v) is 4.33. The summed E-state index contributed by atoms with van der Waals surface area (Å²) in [6, 6.07) is 9.34. The maximum atomic E-state index is 10.7. The Labute approximate surface area is 84.9 Å². The molecule has 0 radical (unpaired) electrons. The van der Waals surface area contributed by atoms with E-state index in [0.717, 1.165) is 5.56 Å². The van der Waals surface area contributed by atoms with Crippen LogP contribution in [0.3, 0.4) is 0 Å². The first kappa shape index (κ1) is 8.90. The van der Waals surface area contributed by atoms with Crippen LogP contribution < -0.4 is 0 Å². The topological polar surface area (TPSA) is 58.6 Å². The van der Waals surface area contributed by atoms with E-state index in [-0.39, 0.29) is 5.82 Å². The molecule has 2 aromatic rings. The van der Waals surface area contributed by atoms with Crippen LogP contribution in [-0.4, -0.2) is 20.4 Å². The normalized spacial score (nSPS) is 10.1. The monoisotopic (exact) mass is 207 g/mol. The number of benzene rings is 1. The zero-order chi connectivity index (χ0) is 9.97. The van der Waals surface area contributed by atoms with Crippen molar-refractivity contribution >= 4 is 16.8 Å². The van der Waals surface area contributed by atoms with Crippen molar-refractivity contribution in [3.05, 3.63) is 36.2 Å². The summed E-state index contributed by atoms with van der Waals surface area (Å²) < 4.78 is 0. The van der Waals surface area contributed by atoms with Gasteiger partial charge in [0, 0.05) is 5.56 Å². The number of H-pyrrole nitrogens is 1. The van der Waals surface area contributed by atoms with Gasteiger partial charge in [-0.2, -0.15) is 5.10 Å². The second kappa shape index (κ2) is 3.59. The van der Waals surface area contributed by atoms with Gasteiger partial charge in [0.1, 0.15) is 0 Å². The Morgan fingerprint density at radius 2 is 2.00 bits per heavy atom. The van der Waals surface area contributed by atoms with Gasteiger partial charge in [-0.3, -0.25) is 9.89 Å². The van der Waals surface area contributed by atoms with E-state index in [9.17, 15) is 4.79 Å². The molecule has 1 N–H and O–H groups in total. The van der Waals surface area contributed by atoms with Gasteiger partial charge in [0.05, 0.1) is 0 Å². The summed E-state index contributed by atoms with van der Waals surface area (Å²) in [6.45, 7) is 0. The third-order valence-corrected chi connectivity index (χ3v) is 1.88. The minimum absolute atomic E-state index is 0.0607. The fourth-order valence-corrected chi connectivity index (χ4v) is 1.15. The molecule has 4 nitrogen and oxygen atoms in total. The van der Waals surface area contributed by atoms with Crippen molar-refractivity contribution in [3.8, 4) is 11.4 Å². The molecule has 1 aromatic carbocycles. The molecule has 0 saturated heterocycles. The molecular formula is C9H6ClN3O. The highest BCUT2D eigenvalue weighted by Crippen LogP contribution is 2.13. The molecule has 2 rings (SSSR count). The van der Waals surface area contributed by atoms with Crippen molar-refractivity contribution < 1.29 is 4.79 Å². The molecule has 70 valence electrons. The molecule has 0 fully saturated rings. The van der Waals surface area contributed by atoms with Gasteiger partial charge in [-0.1, -0.05) is 30.3 Å². The predicted molar refractivity (Wildman–Crippen MR) is 52.0 cm³/mol. The molecular weight excluding hydrogens is 202 g/mol. The molecule has 0 spiro atoms. The number of nitrogens with zero attached hydrogens (tertiary/aromatic N) is 2. The van der Waals surface area contributed by atoms with Crippen LogP contribution in [0.4, 0.5) is 0 Å². The Kier molecular flexibility index (Phi) is 2.28. The molecule has 0 atom stereocenters. The zero-order valence-corrected chi connectivity index (χ0v) is 7.82. The average Bonchev–Trinajstić information content (AvgIpc) is 2.68. The summed E-state index contributed by atoms with van der Waals surface area (Å²) in [4.78, 5) is 14.7. The lowest BCUT2D eigenvalue weighted by atomic mass is 10.2. The minimum atomic E-state index is -0.639. The van der Waals surface area contributed by atoms with Crippen molar-refractivity contribution in [1.29, 1.82) is 0 Å². The molecule has 1 heterocycles. The molecule has 0 amide bonds. The number of hydrogen-bond donors (Lipinski definition) is 1. The minimum Gasteiger partial charge on any atom is -0.272 e. The van der Waals surface area contributed by atoms with Gasteiger partial charge in [-0.05, 0) is 11.6 Å². The van der Waals surface area contributed by atoms with Crippen LogP contribution in [0.15, 0.2) is 30.3 Å². The number of halogens is 1. The highest BCUT2D eigenvalue weighted by atomic mass is 35.5. The first-order chi connectivity index (χ1) is 6.77. The van der Waals surface area contributed by atoms with Gasteiger partial charge in [0.25, 0.3) is 5.24 Å². The molecule has 0 aliphatic carbocycles. The van der Waals surface area contributed by atoms with E-state index in [0.29, 0.717) is 5.82 Å². The molecule has 5 heteroatoms. The van der Waals surface area contributed by atoms with Crippen molar-refractivity contribution in [1.82, 2.24) is 15.2 Å². The summed E-state index contributed by atoms with van der Waals surface area (Å²) >= 11 is 5.23. The van der Waals surface area contributed by atoms with Crippen LogP contribution in [0.1, 0.15) is 10.6 Å². The molecule has 0 aliphatic rings. The maximum Gasteiger partial charge on any atom is 0.289 e. The fourth-order valence-electron chi connectivity index (χ4n) is 1.07. The van der Waals surface area contributed by atoms with Gasteiger partial charge >= 0.3 is 0 Å². The smallest absolute Gasteiger partial charge is 0.272 e. The van der Waals surface area contributed by atoms with Crippen LogP contribution in [0.5, 0.6) is 0 Å². The van der Waals surface area contributed by atoms with Crippen LogP contribution in [0, 0.1) is 0 Å². The van der Waals surface area contributed by atoms with E-state index in [4.69, 9.17) is 11.6 Å². The number of aromatic nitrogens is 3. The first-order valence-electron chi connectivity index (χ1n) is 3.95. The van der Waals surface area contributed by atoms with E-state index in [1.807, 2.05) is 30.3 Å². The van der Waals surface area contributed by atoms with Crippen molar-refractivity contribution in [2.45, 2.75) is 0 Å². The Bertz CT molecular complexity index is 452. The highest BCUT2D eigenvalue weighted by Gasteiger charge is 2.09. The Morgan fingerprint density at radius 1 is 1.29 bits per heavy atom. The number of rotatable bonds is 2. The standard InChI is InChI=1S/C9H6ClN3O/c10-7(14)9-11-8(12-13-9)6-4-2-1-3-5-6/h1-5H,(H,11,12,13). The molecule has 0 bridgehead atoms. The summed E-state index contributed by atoms with van der Waals surface area (Å²) in [5.74, 6) is 0.528. The Balaban J connectivity index is 2.39. The summed E-state index contributed by atoms with van der Waals surface area (Å²) in [7, 11) is 0. The largest absolute Gasteiger partial charge is 0.289 e. The van der Waals surface area contributed by atoms with Gasteiger partial charge in [0.2, 0.25) is 5.82 Å². The van der Waals surface area contributed by atoms with E-state index >= 15 is 0 Å². The van der Waals surface area contributed by atoms with E-state index in [1.165, 1.54) is 0 Å². The SMILES string of the molecule is O=C(Cl)c1nc(-c2ccccc2)n[nH]1. The number of hydrogen-bond acceptors (Lipinski definition) is 3. The maximum absolute atomic E-state index is 10.7. The molecule has 0 saturated carbocycles. The van der Waals surface area contributed by atoms with Crippen molar-refractivity contribution in [2.75, 3.05) is 0 Å². The van der Waals surface area contributed by atoms with Crippen LogP contribution in [0.2, 0.25) is 0 Å². The highest BCUT2D eigenvalue weighted by molar-refractivity contribution is 6.67. The van der Waals surface area contributed by atoms with Crippen molar-refractivity contribution in [2.24, 2.45) is 0 Å². The fraction of sp³-hybridized carbons (Fsp3) is 0. The van der Waals surface area contributed by atoms with E-state index in [2.05, 4.69) is 15.2 Å². The van der Waals surface area contributed by atoms with E-state index < -0.39 is 5.24 Å². The number of carbonyl (C=O) groups excluding carboxylic acids is 1.